The van der Waals surface area contributed by atoms with E-state index in [1.807, 2.05) is 12.1 Å². The first kappa shape index (κ1) is 17.8. The topological polar surface area (TPSA) is 90.5 Å². The highest BCUT2D eigenvalue weighted by Crippen LogP contribution is 2.38. The summed E-state index contributed by atoms with van der Waals surface area (Å²) in [5, 5.41) is 0.329. The molecule has 0 amide bonds. The van der Waals surface area contributed by atoms with Gasteiger partial charge in [0.2, 0.25) is 0 Å². The lowest BCUT2D eigenvalue weighted by Crippen LogP contribution is -2.19. The first-order valence-electron chi connectivity index (χ1n) is 7.39. The molecule has 2 heterocycles. The molecule has 0 saturated heterocycles. The van der Waals surface area contributed by atoms with E-state index in [-0.39, 0.29) is 5.56 Å². The second-order valence-electron chi connectivity index (χ2n) is 5.21. The molecule has 1 aromatic heterocycles. The van der Waals surface area contributed by atoms with E-state index in [1.54, 1.807) is 6.92 Å². The molecular weight excluding hydrogens is 412 g/mol. The number of nitrogens with one attached hydrogen (secondary N) is 1. The van der Waals surface area contributed by atoms with Crippen LogP contribution in [0.15, 0.2) is 26.4 Å². The number of thioether (sulfide) groups is 1. The third-order valence-corrected chi connectivity index (χ3v) is 5.31. The molecule has 1 aliphatic rings. The van der Waals surface area contributed by atoms with Gasteiger partial charge in [-0.15, -0.1) is 11.8 Å². The lowest BCUT2D eigenvalue weighted by Gasteiger charge is -2.20. The highest BCUT2D eigenvalue weighted by Gasteiger charge is 2.20. The summed E-state index contributed by atoms with van der Waals surface area (Å²) in [6.45, 7) is 2.66. The Morgan fingerprint density at radius 1 is 1.36 bits per heavy atom. The molecule has 25 heavy (non-hydrogen) atoms. The standard InChI is InChI=1S/C16H15BrN2O5S/c1-8-13(15(20)22-2)14(19-16(21)18-8)25-7-9-5-11-12(6-10(9)17)24-4-3-23-11/h5-6H,3-4,7H2,1-2H3,(H,18,19,21). The normalized spacial score (nSPS) is 12.8. The van der Waals surface area contributed by atoms with E-state index in [0.29, 0.717) is 41.2 Å². The maximum absolute atomic E-state index is 12.0. The minimum atomic E-state index is -0.537. The average molecular weight is 427 g/mol. The van der Waals surface area contributed by atoms with Gasteiger partial charge in [-0.25, -0.2) is 9.59 Å². The number of esters is 1. The number of hydrogen-bond acceptors (Lipinski definition) is 7. The van der Waals surface area contributed by atoms with Crippen molar-refractivity contribution in [3.63, 3.8) is 0 Å². The predicted octanol–water partition coefficient (Wildman–Crippen LogP) is 2.69. The molecule has 0 unspecified atom stereocenters. The van der Waals surface area contributed by atoms with E-state index < -0.39 is 11.7 Å². The lowest BCUT2D eigenvalue weighted by molar-refractivity contribution is 0.0594. The monoisotopic (exact) mass is 426 g/mol. The van der Waals surface area contributed by atoms with Gasteiger partial charge in [-0.2, -0.15) is 4.98 Å². The Labute approximate surface area is 156 Å². The number of nitrogens with zero attached hydrogens (tertiary/aromatic N) is 1. The summed E-state index contributed by atoms with van der Waals surface area (Å²) in [6.07, 6.45) is 0. The summed E-state index contributed by atoms with van der Waals surface area (Å²) in [6, 6.07) is 3.73. The van der Waals surface area contributed by atoms with Crippen molar-refractivity contribution < 1.29 is 19.0 Å². The fourth-order valence-electron chi connectivity index (χ4n) is 2.37. The maximum atomic E-state index is 12.0. The van der Waals surface area contributed by atoms with Gasteiger partial charge in [0.25, 0.3) is 0 Å². The Kier molecular flexibility index (Phi) is 5.33. The van der Waals surface area contributed by atoms with E-state index in [4.69, 9.17) is 14.2 Å². The highest BCUT2D eigenvalue weighted by atomic mass is 79.9. The summed E-state index contributed by atoms with van der Waals surface area (Å²) < 4.78 is 16.8. The molecular formula is C16H15BrN2O5S. The Hall–Kier alpha value is -2.00. The van der Waals surface area contributed by atoms with Crippen molar-refractivity contribution in [2.45, 2.75) is 17.7 Å². The third-order valence-electron chi connectivity index (χ3n) is 3.55. The molecule has 0 spiro atoms. The number of carbonyl (C=O) groups is 1. The molecule has 9 heteroatoms. The van der Waals surface area contributed by atoms with E-state index in [1.165, 1.54) is 18.9 Å². The number of H-pyrrole nitrogens is 1. The fraction of sp³-hybridized carbons (Fsp3) is 0.312. The molecule has 0 saturated carbocycles. The van der Waals surface area contributed by atoms with Crippen LogP contribution in [0.3, 0.4) is 0 Å². The van der Waals surface area contributed by atoms with Crippen LogP contribution in [0.5, 0.6) is 11.5 Å². The molecule has 0 aliphatic carbocycles. The van der Waals surface area contributed by atoms with Crippen LogP contribution in [-0.2, 0) is 10.5 Å². The van der Waals surface area contributed by atoms with Gasteiger partial charge in [0.15, 0.2) is 11.5 Å². The van der Waals surface area contributed by atoms with Crippen LogP contribution in [0.1, 0.15) is 21.6 Å². The van der Waals surface area contributed by atoms with Gasteiger partial charge in [0.1, 0.15) is 23.8 Å². The number of benzene rings is 1. The SMILES string of the molecule is COC(=O)c1c(SCc2cc3c(cc2Br)OCCO3)nc(=O)[nH]c1C. The Morgan fingerprint density at radius 3 is 2.72 bits per heavy atom. The zero-order valence-electron chi connectivity index (χ0n) is 13.6. The molecule has 0 radical (unpaired) electrons. The van der Waals surface area contributed by atoms with Crippen molar-refractivity contribution in [1.29, 1.82) is 0 Å². The fourth-order valence-corrected chi connectivity index (χ4v) is 4.08. The molecule has 0 fully saturated rings. The minimum Gasteiger partial charge on any atom is -0.486 e. The number of methoxy groups -OCH3 is 1. The number of aromatic nitrogens is 2. The van der Waals surface area contributed by atoms with Gasteiger partial charge in [-0.05, 0) is 24.6 Å². The quantitative estimate of drug-likeness (QED) is 0.456. The number of fused-ring (bicyclic) bond motifs is 1. The number of aromatic amines is 1. The number of rotatable bonds is 4. The van der Waals surface area contributed by atoms with Crippen LogP contribution in [0.25, 0.3) is 0 Å². The molecule has 3 rings (SSSR count). The molecule has 2 aromatic rings. The number of carbonyl (C=O) groups excluding carboxylic acids is 1. The van der Waals surface area contributed by atoms with Crippen LogP contribution in [0, 0.1) is 6.92 Å². The first-order valence-corrected chi connectivity index (χ1v) is 9.17. The van der Waals surface area contributed by atoms with Gasteiger partial charge in [-0.3, -0.25) is 0 Å². The Morgan fingerprint density at radius 2 is 2.04 bits per heavy atom. The summed E-state index contributed by atoms with van der Waals surface area (Å²) in [7, 11) is 1.29. The number of halogens is 1. The second-order valence-corrected chi connectivity index (χ2v) is 7.03. The first-order chi connectivity index (χ1) is 12.0. The summed E-state index contributed by atoms with van der Waals surface area (Å²) in [5.41, 5.74) is 1.12. The van der Waals surface area contributed by atoms with Crippen LogP contribution in [0.2, 0.25) is 0 Å². The third kappa shape index (κ3) is 3.82. The number of aryl methyl sites for hydroxylation is 1. The lowest BCUT2D eigenvalue weighted by atomic mass is 10.2. The largest absolute Gasteiger partial charge is 0.486 e. The number of hydrogen-bond donors (Lipinski definition) is 1. The smallest absolute Gasteiger partial charge is 0.346 e. The maximum Gasteiger partial charge on any atom is 0.346 e. The van der Waals surface area contributed by atoms with E-state index in [0.717, 1.165) is 10.0 Å². The van der Waals surface area contributed by atoms with Crippen molar-refractivity contribution in [3.8, 4) is 11.5 Å². The average Bonchev–Trinajstić information content (AvgIpc) is 2.58. The predicted molar refractivity (Wildman–Crippen MR) is 95.6 cm³/mol. The minimum absolute atomic E-state index is 0.265. The summed E-state index contributed by atoms with van der Waals surface area (Å²) in [4.78, 5) is 30.1. The molecule has 1 N–H and O–H groups in total. The van der Waals surface area contributed by atoms with Crippen LogP contribution in [-0.4, -0.2) is 36.3 Å². The molecule has 0 atom stereocenters. The van der Waals surface area contributed by atoms with Gasteiger partial charge >= 0.3 is 11.7 Å². The van der Waals surface area contributed by atoms with Gasteiger partial charge in [-0.1, -0.05) is 15.9 Å². The molecule has 1 aromatic carbocycles. The zero-order valence-corrected chi connectivity index (χ0v) is 16.0. The van der Waals surface area contributed by atoms with Crippen molar-refractivity contribution in [2.75, 3.05) is 20.3 Å². The highest BCUT2D eigenvalue weighted by molar-refractivity contribution is 9.10. The van der Waals surface area contributed by atoms with E-state index >= 15 is 0 Å². The molecule has 1 aliphatic heterocycles. The van der Waals surface area contributed by atoms with E-state index in [9.17, 15) is 9.59 Å². The van der Waals surface area contributed by atoms with Crippen molar-refractivity contribution in [3.05, 3.63) is 43.9 Å². The Bertz CT molecular complexity index is 884. The van der Waals surface area contributed by atoms with Crippen molar-refractivity contribution in [1.82, 2.24) is 9.97 Å². The van der Waals surface area contributed by atoms with Crippen LogP contribution < -0.4 is 15.2 Å². The second kappa shape index (κ2) is 7.49. The molecule has 7 nitrogen and oxygen atoms in total. The summed E-state index contributed by atoms with van der Waals surface area (Å²) >= 11 is 4.79. The molecule has 132 valence electrons. The van der Waals surface area contributed by atoms with Crippen molar-refractivity contribution >= 4 is 33.7 Å². The number of ether oxygens (including phenoxy) is 3. The van der Waals surface area contributed by atoms with Crippen molar-refractivity contribution in [2.24, 2.45) is 0 Å². The van der Waals surface area contributed by atoms with Gasteiger partial charge < -0.3 is 19.2 Å². The van der Waals surface area contributed by atoms with Crippen LogP contribution >= 0.6 is 27.7 Å². The summed E-state index contributed by atoms with van der Waals surface area (Å²) in [5.74, 6) is 1.31. The van der Waals surface area contributed by atoms with E-state index in [2.05, 4.69) is 25.9 Å². The van der Waals surface area contributed by atoms with Gasteiger partial charge in [0, 0.05) is 15.9 Å². The van der Waals surface area contributed by atoms with Gasteiger partial charge in [0.05, 0.1) is 7.11 Å². The zero-order chi connectivity index (χ0) is 18.0. The molecule has 0 bridgehead atoms. The van der Waals surface area contributed by atoms with Crippen LogP contribution in [0.4, 0.5) is 0 Å². The Balaban J connectivity index is 1.89.